The van der Waals surface area contributed by atoms with Crippen LogP contribution in [-0.4, -0.2) is 18.4 Å². The molecular weight excluding hydrogens is 378 g/mol. The number of nitrogens with one attached hydrogen (secondary N) is 3. The first kappa shape index (κ1) is 18.6. The standard InChI is InChI=1S/C20H21N3O4S/c1-12(14-7-6-13-4-2-3-5-15(13)10-14)23-28(26,27)16-8-9-17-18(11-16)22-20(25)19(24)21-17/h6-12,23H,2-5H2,1H3,(H,21,24)(H,22,25)/t12-/m1/s1. The summed E-state index contributed by atoms with van der Waals surface area (Å²) >= 11 is 0. The quantitative estimate of drug-likeness (QED) is 0.584. The lowest BCUT2D eigenvalue weighted by Crippen LogP contribution is -2.29. The minimum Gasteiger partial charge on any atom is -0.316 e. The fraction of sp³-hybridized carbons (Fsp3) is 0.300. The van der Waals surface area contributed by atoms with E-state index in [4.69, 9.17) is 0 Å². The summed E-state index contributed by atoms with van der Waals surface area (Å²) in [6, 6.07) is 9.95. The molecule has 1 aliphatic rings. The highest BCUT2D eigenvalue weighted by molar-refractivity contribution is 7.89. The summed E-state index contributed by atoms with van der Waals surface area (Å²) in [4.78, 5) is 27.7. The van der Waals surface area contributed by atoms with Crippen LogP contribution in [0.1, 0.15) is 42.5 Å². The summed E-state index contributed by atoms with van der Waals surface area (Å²) in [6.45, 7) is 1.81. The van der Waals surface area contributed by atoms with Gasteiger partial charge < -0.3 is 9.97 Å². The van der Waals surface area contributed by atoms with Crippen LogP contribution >= 0.6 is 0 Å². The molecule has 3 N–H and O–H groups in total. The van der Waals surface area contributed by atoms with Gasteiger partial charge in [0.15, 0.2) is 0 Å². The van der Waals surface area contributed by atoms with E-state index >= 15 is 0 Å². The topological polar surface area (TPSA) is 112 Å². The number of hydrogen-bond donors (Lipinski definition) is 3. The van der Waals surface area contributed by atoms with Crippen LogP contribution in [-0.2, 0) is 22.9 Å². The number of rotatable bonds is 4. The molecule has 146 valence electrons. The first-order valence-electron chi connectivity index (χ1n) is 9.24. The highest BCUT2D eigenvalue weighted by atomic mass is 32.2. The lowest BCUT2D eigenvalue weighted by Gasteiger charge is -2.20. The number of aromatic nitrogens is 2. The third-order valence-electron chi connectivity index (χ3n) is 5.21. The Morgan fingerprint density at radius 3 is 2.32 bits per heavy atom. The summed E-state index contributed by atoms with van der Waals surface area (Å²) in [7, 11) is -3.81. The molecule has 2 aromatic carbocycles. The van der Waals surface area contributed by atoms with Gasteiger partial charge in [-0.25, -0.2) is 13.1 Å². The maximum absolute atomic E-state index is 12.8. The van der Waals surface area contributed by atoms with Gasteiger partial charge in [0.05, 0.1) is 15.9 Å². The van der Waals surface area contributed by atoms with Gasteiger partial charge in [-0.15, -0.1) is 0 Å². The number of hydrogen-bond acceptors (Lipinski definition) is 4. The van der Waals surface area contributed by atoms with E-state index < -0.39 is 27.2 Å². The molecule has 1 heterocycles. The molecule has 0 saturated heterocycles. The van der Waals surface area contributed by atoms with Crippen LogP contribution in [0.2, 0.25) is 0 Å². The van der Waals surface area contributed by atoms with Crippen molar-refractivity contribution >= 4 is 21.1 Å². The molecule has 0 aliphatic heterocycles. The number of H-pyrrole nitrogens is 2. The molecule has 4 rings (SSSR count). The maximum Gasteiger partial charge on any atom is 0.314 e. The molecule has 0 bridgehead atoms. The number of fused-ring (bicyclic) bond motifs is 2. The van der Waals surface area contributed by atoms with Crippen LogP contribution in [0.15, 0.2) is 50.9 Å². The predicted molar refractivity (Wildman–Crippen MR) is 107 cm³/mol. The van der Waals surface area contributed by atoms with Crippen LogP contribution in [0.25, 0.3) is 11.0 Å². The molecule has 1 aliphatic carbocycles. The number of benzene rings is 2. The second kappa shape index (κ2) is 7.03. The lowest BCUT2D eigenvalue weighted by atomic mass is 9.89. The second-order valence-electron chi connectivity index (χ2n) is 7.19. The van der Waals surface area contributed by atoms with Gasteiger partial charge in [0.1, 0.15) is 0 Å². The van der Waals surface area contributed by atoms with Crippen LogP contribution < -0.4 is 15.8 Å². The normalized spacial score (nSPS) is 15.3. The average Bonchev–Trinajstić information content (AvgIpc) is 2.67. The Kier molecular flexibility index (Phi) is 4.68. The minimum atomic E-state index is -3.81. The highest BCUT2D eigenvalue weighted by Gasteiger charge is 2.20. The van der Waals surface area contributed by atoms with Gasteiger partial charge in [-0.05, 0) is 67.5 Å². The van der Waals surface area contributed by atoms with Crippen molar-refractivity contribution in [1.82, 2.24) is 14.7 Å². The zero-order valence-electron chi connectivity index (χ0n) is 15.4. The van der Waals surface area contributed by atoms with E-state index in [9.17, 15) is 18.0 Å². The second-order valence-corrected chi connectivity index (χ2v) is 8.91. The van der Waals surface area contributed by atoms with Gasteiger partial charge >= 0.3 is 11.1 Å². The van der Waals surface area contributed by atoms with E-state index in [0.717, 1.165) is 24.8 Å². The molecule has 0 unspecified atom stereocenters. The Morgan fingerprint density at radius 2 is 1.57 bits per heavy atom. The molecule has 1 atom stereocenters. The summed E-state index contributed by atoms with van der Waals surface area (Å²) in [5.41, 5.74) is 2.59. The summed E-state index contributed by atoms with van der Waals surface area (Å²) in [5, 5.41) is 0. The maximum atomic E-state index is 12.8. The van der Waals surface area contributed by atoms with Gasteiger partial charge in [0, 0.05) is 6.04 Å². The van der Waals surface area contributed by atoms with Crippen molar-refractivity contribution in [2.45, 2.75) is 43.5 Å². The number of aromatic amines is 2. The molecule has 7 nitrogen and oxygen atoms in total. The number of sulfonamides is 1. The van der Waals surface area contributed by atoms with E-state index in [1.165, 1.54) is 35.7 Å². The first-order valence-corrected chi connectivity index (χ1v) is 10.7. The highest BCUT2D eigenvalue weighted by Crippen LogP contribution is 2.26. The molecule has 0 radical (unpaired) electrons. The fourth-order valence-electron chi connectivity index (χ4n) is 3.65. The molecule has 0 saturated carbocycles. The monoisotopic (exact) mass is 399 g/mol. The minimum absolute atomic E-state index is 0.0208. The van der Waals surface area contributed by atoms with Crippen molar-refractivity contribution in [2.75, 3.05) is 0 Å². The molecule has 0 fully saturated rings. The summed E-state index contributed by atoms with van der Waals surface area (Å²) < 4.78 is 28.3. The summed E-state index contributed by atoms with van der Waals surface area (Å²) in [5.74, 6) is 0. The van der Waals surface area contributed by atoms with E-state index in [2.05, 4.69) is 26.8 Å². The van der Waals surface area contributed by atoms with Crippen molar-refractivity contribution < 1.29 is 8.42 Å². The molecule has 28 heavy (non-hydrogen) atoms. The van der Waals surface area contributed by atoms with Crippen LogP contribution in [0.3, 0.4) is 0 Å². The van der Waals surface area contributed by atoms with Crippen LogP contribution in [0.5, 0.6) is 0 Å². The van der Waals surface area contributed by atoms with E-state index in [0.29, 0.717) is 5.52 Å². The molecule has 1 aromatic heterocycles. The SMILES string of the molecule is C[C@@H](NS(=O)(=O)c1ccc2[nH]c(=O)c(=O)[nH]c2c1)c1ccc2c(c1)CCCC2. The Labute approximate surface area is 161 Å². The first-order chi connectivity index (χ1) is 13.3. The summed E-state index contributed by atoms with van der Waals surface area (Å²) in [6.07, 6.45) is 4.46. The molecular formula is C20H21N3O4S. The smallest absolute Gasteiger partial charge is 0.314 e. The van der Waals surface area contributed by atoms with Crippen molar-refractivity contribution in [3.8, 4) is 0 Å². The third-order valence-corrected chi connectivity index (χ3v) is 6.75. The number of aryl methyl sites for hydroxylation is 2. The van der Waals surface area contributed by atoms with Gasteiger partial charge in [-0.3, -0.25) is 9.59 Å². The Bertz CT molecular complexity index is 1270. The molecule has 8 heteroatoms. The molecule has 3 aromatic rings. The zero-order chi connectivity index (χ0) is 19.9. The van der Waals surface area contributed by atoms with Crippen LogP contribution in [0, 0.1) is 0 Å². The van der Waals surface area contributed by atoms with Crippen molar-refractivity contribution in [1.29, 1.82) is 0 Å². The van der Waals surface area contributed by atoms with Gasteiger partial charge in [-0.2, -0.15) is 0 Å². The van der Waals surface area contributed by atoms with Crippen molar-refractivity contribution in [3.63, 3.8) is 0 Å². The van der Waals surface area contributed by atoms with Gasteiger partial charge in [0.25, 0.3) is 0 Å². The van der Waals surface area contributed by atoms with Gasteiger partial charge in [0.2, 0.25) is 10.0 Å². The Balaban J connectivity index is 1.63. The van der Waals surface area contributed by atoms with Crippen LogP contribution in [0.4, 0.5) is 0 Å². The average molecular weight is 399 g/mol. The predicted octanol–water partition coefficient (Wildman–Crippen LogP) is 2.13. The van der Waals surface area contributed by atoms with E-state index in [1.54, 1.807) is 0 Å². The fourth-order valence-corrected chi connectivity index (χ4v) is 4.91. The van der Waals surface area contributed by atoms with E-state index in [1.807, 2.05) is 13.0 Å². The van der Waals surface area contributed by atoms with Gasteiger partial charge in [-0.1, -0.05) is 18.2 Å². The Morgan fingerprint density at radius 1 is 0.893 bits per heavy atom. The Hall–Kier alpha value is -2.71. The van der Waals surface area contributed by atoms with Crippen molar-refractivity contribution in [3.05, 3.63) is 73.8 Å². The third kappa shape index (κ3) is 3.53. The largest absolute Gasteiger partial charge is 0.316 e. The zero-order valence-corrected chi connectivity index (χ0v) is 16.2. The molecule has 0 amide bonds. The van der Waals surface area contributed by atoms with E-state index in [-0.39, 0.29) is 10.4 Å². The lowest BCUT2D eigenvalue weighted by molar-refractivity contribution is 0.566. The molecule has 0 spiro atoms. The van der Waals surface area contributed by atoms with Crippen molar-refractivity contribution in [2.24, 2.45) is 0 Å².